The third-order valence-electron chi connectivity index (χ3n) is 8.25. The molecule has 2 aliphatic heterocycles. The summed E-state index contributed by atoms with van der Waals surface area (Å²) in [6.45, 7) is 12.0. The van der Waals surface area contributed by atoms with E-state index in [4.69, 9.17) is 14.2 Å². The molecule has 2 atom stereocenters. The molecule has 1 saturated carbocycles. The summed E-state index contributed by atoms with van der Waals surface area (Å²) in [6, 6.07) is 6.21. The Morgan fingerprint density at radius 2 is 1.76 bits per heavy atom. The first-order valence-electron chi connectivity index (χ1n) is 14.5. The number of hydrogen-bond acceptors (Lipinski definition) is 6. The SMILES string of the molecule is COCCCOc1cc(C(=O)N(C[C@@H]2CNC[C@H]2CN(C(=O)C2CCOCC2)C2CC2)C(C)C)ccc1C. The number of nitrogens with zero attached hydrogens (tertiary/aromatic N) is 2. The smallest absolute Gasteiger partial charge is 0.254 e. The van der Waals surface area contributed by atoms with Gasteiger partial charge in [-0.1, -0.05) is 6.07 Å². The van der Waals surface area contributed by atoms with E-state index in [9.17, 15) is 9.59 Å². The normalized spacial score (nSPS) is 22.0. The van der Waals surface area contributed by atoms with E-state index in [1.165, 1.54) is 0 Å². The molecule has 38 heavy (non-hydrogen) atoms. The van der Waals surface area contributed by atoms with Crippen molar-refractivity contribution in [3.8, 4) is 5.75 Å². The fraction of sp³-hybridized carbons (Fsp3) is 0.733. The third-order valence-corrected chi connectivity index (χ3v) is 8.25. The van der Waals surface area contributed by atoms with Gasteiger partial charge < -0.3 is 29.3 Å². The van der Waals surface area contributed by atoms with Gasteiger partial charge in [0.05, 0.1) is 6.61 Å². The Morgan fingerprint density at radius 1 is 1.05 bits per heavy atom. The predicted molar refractivity (Wildman–Crippen MR) is 147 cm³/mol. The van der Waals surface area contributed by atoms with Crippen LogP contribution in [0.5, 0.6) is 5.75 Å². The third kappa shape index (κ3) is 7.48. The predicted octanol–water partition coefficient (Wildman–Crippen LogP) is 3.51. The van der Waals surface area contributed by atoms with E-state index < -0.39 is 0 Å². The van der Waals surface area contributed by atoms with Gasteiger partial charge in [-0.05, 0) is 76.0 Å². The Bertz CT molecular complexity index is 928. The lowest BCUT2D eigenvalue weighted by Gasteiger charge is -2.35. The molecule has 1 N–H and O–H groups in total. The molecule has 1 aromatic carbocycles. The van der Waals surface area contributed by atoms with Crippen molar-refractivity contribution in [2.75, 3.05) is 59.7 Å². The molecule has 0 aromatic heterocycles. The highest BCUT2D eigenvalue weighted by Crippen LogP contribution is 2.33. The van der Waals surface area contributed by atoms with Crippen LogP contribution in [0.2, 0.25) is 0 Å². The number of methoxy groups -OCH3 is 1. The molecule has 0 radical (unpaired) electrons. The van der Waals surface area contributed by atoms with Crippen LogP contribution in [0.3, 0.4) is 0 Å². The fourth-order valence-electron chi connectivity index (χ4n) is 5.67. The van der Waals surface area contributed by atoms with Crippen LogP contribution < -0.4 is 10.1 Å². The molecule has 1 aliphatic carbocycles. The topological polar surface area (TPSA) is 80.3 Å². The van der Waals surface area contributed by atoms with Crippen molar-refractivity contribution in [3.63, 3.8) is 0 Å². The van der Waals surface area contributed by atoms with Gasteiger partial charge in [0, 0.05) is 83.1 Å². The second kappa shape index (κ2) is 13.8. The number of rotatable bonds is 13. The lowest BCUT2D eigenvalue weighted by atomic mass is 9.92. The largest absolute Gasteiger partial charge is 0.493 e. The highest BCUT2D eigenvalue weighted by atomic mass is 16.5. The van der Waals surface area contributed by atoms with Gasteiger partial charge in [0.25, 0.3) is 5.91 Å². The van der Waals surface area contributed by atoms with Crippen molar-refractivity contribution in [1.29, 1.82) is 0 Å². The van der Waals surface area contributed by atoms with E-state index in [-0.39, 0.29) is 17.9 Å². The van der Waals surface area contributed by atoms with Crippen LogP contribution >= 0.6 is 0 Å². The number of aryl methyl sites for hydroxylation is 1. The molecule has 3 fully saturated rings. The number of carbonyl (C=O) groups excluding carboxylic acids is 2. The monoisotopic (exact) mass is 529 g/mol. The van der Waals surface area contributed by atoms with E-state index in [1.807, 2.05) is 30.0 Å². The summed E-state index contributed by atoms with van der Waals surface area (Å²) in [5.74, 6) is 1.84. The lowest BCUT2D eigenvalue weighted by Crippen LogP contribution is -2.46. The second-order valence-electron chi connectivity index (χ2n) is 11.5. The van der Waals surface area contributed by atoms with Gasteiger partial charge in [-0.2, -0.15) is 0 Å². The average Bonchev–Trinajstić information content (AvgIpc) is 3.67. The Labute approximate surface area is 228 Å². The molecule has 212 valence electrons. The minimum Gasteiger partial charge on any atom is -0.493 e. The van der Waals surface area contributed by atoms with Gasteiger partial charge in [0.1, 0.15) is 5.75 Å². The molecule has 8 heteroatoms. The van der Waals surface area contributed by atoms with Gasteiger partial charge in [0.15, 0.2) is 0 Å². The minimum absolute atomic E-state index is 0.0322. The van der Waals surface area contributed by atoms with Crippen molar-refractivity contribution in [1.82, 2.24) is 15.1 Å². The van der Waals surface area contributed by atoms with E-state index in [2.05, 4.69) is 24.1 Å². The van der Waals surface area contributed by atoms with Gasteiger partial charge in [-0.25, -0.2) is 0 Å². The first-order chi connectivity index (χ1) is 18.4. The van der Waals surface area contributed by atoms with E-state index in [0.29, 0.717) is 62.3 Å². The molecule has 2 saturated heterocycles. The van der Waals surface area contributed by atoms with Gasteiger partial charge in [-0.3, -0.25) is 9.59 Å². The molecule has 0 bridgehead atoms. The van der Waals surface area contributed by atoms with E-state index in [0.717, 1.165) is 63.1 Å². The van der Waals surface area contributed by atoms with Gasteiger partial charge >= 0.3 is 0 Å². The summed E-state index contributed by atoms with van der Waals surface area (Å²) < 4.78 is 16.6. The number of benzene rings is 1. The van der Waals surface area contributed by atoms with Gasteiger partial charge in [-0.15, -0.1) is 0 Å². The Hall–Kier alpha value is -2.16. The average molecular weight is 530 g/mol. The number of carbonyl (C=O) groups is 2. The van der Waals surface area contributed by atoms with Crippen molar-refractivity contribution >= 4 is 11.8 Å². The first kappa shape index (κ1) is 28.8. The Balaban J connectivity index is 1.41. The van der Waals surface area contributed by atoms with E-state index in [1.54, 1.807) is 7.11 Å². The summed E-state index contributed by atoms with van der Waals surface area (Å²) >= 11 is 0. The van der Waals surface area contributed by atoms with Crippen LogP contribution in [0.15, 0.2) is 18.2 Å². The molecule has 2 heterocycles. The number of amides is 2. The number of nitrogens with one attached hydrogen (secondary N) is 1. The van der Waals surface area contributed by atoms with Crippen LogP contribution in [0.25, 0.3) is 0 Å². The number of ether oxygens (including phenoxy) is 3. The summed E-state index contributed by atoms with van der Waals surface area (Å²) in [5, 5.41) is 3.55. The van der Waals surface area contributed by atoms with Crippen LogP contribution in [-0.2, 0) is 14.3 Å². The van der Waals surface area contributed by atoms with E-state index >= 15 is 0 Å². The van der Waals surface area contributed by atoms with Crippen LogP contribution in [0, 0.1) is 24.7 Å². The minimum atomic E-state index is 0.0322. The molecule has 4 rings (SSSR count). The van der Waals surface area contributed by atoms with Crippen molar-refractivity contribution < 1.29 is 23.8 Å². The summed E-state index contributed by atoms with van der Waals surface area (Å²) in [5.41, 5.74) is 1.67. The van der Waals surface area contributed by atoms with Crippen molar-refractivity contribution in [3.05, 3.63) is 29.3 Å². The standard InChI is InChI=1S/C30H47N3O5/c1-21(2)32(30(35)24-7-6-22(3)28(16-24)38-13-5-12-36-4)19-25-17-31-18-26(25)20-33(27-8-9-27)29(34)23-10-14-37-15-11-23/h6-7,16,21,23,25-27,31H,5,8-15,17-20H2,1-4H3/t25-,26-/m0/s1. The molecule has 3 aliphatic rings. The molecule has 2 amide bonds. The molecule has 1 aromatic rings. The zero-order chi connectivity index (χ0) is 27.1. The second-order valence-corrected chi connectivity index (χ2v) is 11.5. The quantitative estimate of drug-likeness (QED) is 0.394. The Kier molecular flexibility index (Phi) is 10.4. The Morgan fingerprint density at radius 3 is 2.42 bits per heavy atom. The van der Waals surface area contributed by atoms with Crippen LogP contribution in [0.1, 0.15) is 61.9 Å². The van der Waals surface area contributed by atoms with Gasteiger partial charge in [0.2, 0.25) is 5.91 Å². The highest BCUT2D eigenvalue weighted by molar-refractivity contribution is 5.95. The zero-order valence-corrected chi connectivity index (χ0v) is 23.7. The summed E-state index contributed by atoms with van der Waals surface area (Å²) in [6.07, 6.45) is 4.69. The first-order valence-corrected chi connectivity index (χ1v) is 14.5. The molecular weight excluding hydrogens is 482 g/mol. The van der Waals surface area contributed by atoms with Crippen molar-refractivity contribution in [2.45, 2.75) is 65.0 Å². The summed E-state index contributed by atoms with van der Waals surface area (Å²) in [4.78, 5) is 31.3. The van der Waals surface area contributed by atoms with Crippen molar-refractivity contribution in [2.24, 2.45) is 17.8 Å². The maximum absolute atomic E-state index is 13.7. The van der Waals surface area contributed by atoms with Crippen LogP contribution in [-0.4, -0.2) is 93.4 Å². The van der Waals surface area contributed by atoms with Crippen LogP contribution in [0.4, 0.5) is 0 Å². The molecule has 0 spiro atoms. The molecular formula is C30H47N3O5. The zero-order valence-electron chi connectivity index (χ0n) is 23.7. The molecule has 8 nitrogen and oxygen atoms in total. The maximum Gasteiger partial charge on any atom is 0.254 e. The highest BCUT2D eigenvalue weighted by Gasteiger charge is 2.40. The number of hydrogen-bond donors (Lipinski definition) is 1. The molecule has 0 unspecified atom stereocenters. The lowest BCUT2D eigenvalue weighted by molar-refractivity contribution is -0.140. The fourth-order valence-corrected chi connectivity index (χ4v) is 5.67. The maximum atomic E-state index is 13.7. The summed E-state index contributed by atoms with van der Waals surface area (Å²) in [7, 11) is 1.68.